The van der Waals surface area contributed by atoms with E-state index < -0.39 is 5.60 Å². The van der Waals surface area contributed by atoms with Gasteiger partial charge in [0.05, 0.1) is 11.7 Å². The molecule has 154 valence electrons. The Morgan fingerprint density at radius 2 is 1.81 bits per heavy atom. The Hall–Kier alpha value is -0.380. The maximum atomic E-state index is 11.7. The summed E-state index contributed by atoms with van der Waals surface area (Å²) in [6.07, 6.45) is 13.3. The van der Waals surface area contributed by atoms with Gasteiger partial charge in [-0.15, -0.1) is 0 Å². The molecule has 7 atom stereocenters. The van der Waals surface area contributed by atoms with Gasteiger partial charge in [0, 0.05) is 0 Å². The summed E-state index contributed by atoms with van der Waals surface area (Å²) in [6.45, 7) is 5.98. The molecule has 0 radical (unpaired) electrons. The van der Waals surface area contributed by atoms with Crippen molar-refractivity contribution < 1.29 is 10.2 Å². The zero-order valence-electron chi connectivity index (χ0n) is 18.0. The number of hydrogen-bond donors (Lipinski definition) is 2. The Kier molecular flexibility index (Phi) is 5.05. The number of allylic oxidation sites excluding steroid dienone is 1. The minimum absolute atomic E-state index is 0.0936. The molecule has 0 heterocycles. The maximum absolute atomic E-state index is 11.7. The molecule has 2 unspecified atom stereocenters. The van der Waals surface area contributed by atoms with Crippen molar-refractivity contribution in [3.8, 4) is 0 Å². The van der Waals surface area contributed by atoms with E-state index >= 15 is 0 Å². The Balaban J connectivity index is 1.55. The molecular formula is C24H41NO2. The molecule has 3 saturated carbocycles. The van der Waals surface area contributed by atoms with Crippen LogP contribution in [0.3, 0.4) is 0 Å². The quantitative estimate of drug-likeness (QED) is 0.717. The van der Waals surface area contributed by atoms with E-state index in [4.69, 9.17) is 0 Å². The molecular weight excluding hydrogens is 334 g/mol. The van der Waals surface area contributed by atoms with Crippen molar-refractivity contribution in [1.82, 2.24) is 4.90 Å². The van der Waals surface area contributed by atoms with Crippen molar-refractivity contribution in [2.24, 2.45) is 28.6 Å². The maximum Gasteiger partial charge on any atom is 0.0704 e. The molecule has 0 saturated heterocycles. The van der Waals surface area contributed by atoms with E-state index in [1.807, 2.05) is 0 Å². The molecule has 0 aromatic rings. The highest BCUT2D eigenvalue weighted by Crippen LogP contribution is 2.67. The van der Waals surface area contributed by atoms with E-state index in [-0.39, 0.29) is 11.5 Å². The fraction of sp³-hybridized carbons (Fsp3) is 0.917. The van der Waals surface area contributed by atoms with Crippen LogP contribution >= 0.6 is 0 Å². The number of aliphatic hydroxyl groups is 2. The molecule has 4 rings (SSSR count). The van der Waals surface area contributed by atoms with Gasteiger partial charge in [-0.1, -0.05) is 25.5 Å². The summed E-state index contributed by atoms with van der Waals surface area (Å²) < 4.78 is 0. The smallest absolute Gasteiger partial charge is 0.0704 e. The van der Waals surface area contributed by atoms with Crippen LogP contribution in [0.2, 0.25) is 0 Å². The molecule has 4 aliphatic rings. The molecule has 0 aromatic heterocycles. The van der Waals surface area contributed by atoms with Crippen LogP contribution in [-0.2, 0) is 0 Å². The second-order valence-electron chi connectivity index (χ2n) is 11.1. The van der Waals surface area contributed by atoms with Gasteiger partial charge in [0.15, 0.2) is 0 Å². The van der Waals surface area contributed by atoms with Gasteiger partial charge < -0.3 is 15.1 Å². The molecule has 2 N–H and O–H groups in total. The average molecular weight is 376 g/mol. The Bertz CT molecular complexity index is 601. The highest BCUT2D eigenvalue weighted by atomic mass is 16.3. The van der Waals surface area contributed by atoms with Gasteiger partial charge in [-0.25, -0.2) is 0 Å². The molecule has 3 heteroatoms. The van der Waals surface area contributed by atoms with E-state index in [1.54, 1.807) is 5.57 Å². The van der Waals surface area contributed by atoms with Crippen LogP contribution in [0.1, 0.15) is 78.1 Å². The molecule has 0 aliphatic heterocycles. The van der Waals surface area contributed by atoms with Crippen LogP contribution in [0.25, 0.3) is 0 Å². The molecule has 3 nitrogen and oxygen atoms in total. The lowest BCUT2D eigenvalue weighted by Gasteiger charge is -2.59. The lowest BCUT2D eigenvalue weighted by atomic mass is 9.47. The lowest BCUT2D eigenvalue weighted by Crippen LogP contribution is -2.54. The highest BCUT2D eigenvalue weighted by molar-refractivity contribution is 5.26. The van der Waals surface area contributed by atoms with Gasteiger partial charge in [-0.2, -0.15) is 0 Å². The topological polar surface area (TPSA) is 43.7 Å². The monoisotopic (exact) mass is 375 g/mol. The first-order valence-corrected chi connectivity index (χ1v) is 11.4. The fourth-order valence-corrected chi connectivity index (χ4v) is 7.85. The minimum Gasteiger partial charge on any atom is -0.393 e. The van der Waals surface area contributed by atoms with E-state index in [0.29, 0.717) is 11.3 Å². The van der Waals surface area contributed by atoms with Crippen LogP contribution in [0, 0.1) is 28.6 Å². The van der Waals surface area contributed by atoms with Crippen LogP contribution < -0.4 is 0 Å². The molecule has 3 fully saturated rings. The third-order valence-electron chi connectivity index (χ3n) is 9.60. The summed E-state index contributed by atoms with van der Waals surface area (Å²) in [4.78, 5) is 2.24. The second kappa shape index (κ2) is 6.85. The molecule has 0 amide bonds. The number of hydrogen-bond acceptors (Lipinski definition) is 3. The zero-order chi connectivity index (χ0) is 19.4. The van der Waals surface area contributed by atoms with Gasteiger partial charge in [-0.05, 0) is 113 Å². The van der Waals surface area contributed by atoms with Crippen LogP contribution in [0.15, 0.2) is 11.6 Å². The minimum atomic E-state index is -0.466. The number of nitrogens with zero attached hydrogens (tertiary/aromatic N) is 1. The summed E-state index contributed by atoms with van der Waals surface area (Å²) in [5, 5.41) is 21.9. The third kappa shape index (κ3) is 3.04. The van der Waals surface area contributed by atoms with Crippen molar-refractivity contribution in [1.29, 1.82) is 0 Å². The Labute approximate surface area is 166 Å². The molecule has 4 aliphatic carbocycles. The largest absolute Gasteiger partial charge is 0.393 e. The van der Waals surface area contributed by atoms with E-state index in [0.717, 1.165) is 56.9 Å². The lowest BCUT2D eigenvalue weighted by molar-refractivity contribution is -0.128. The van der Waals surface area contributed by atoms with Gasteiger partial charge in [0.1, 0.15) is 0 Å². The average Bonchev–Trinajstić information content (AvgIpc) is 2.87. The van der Waals surface area contributed by atoms with Gasteiger partial charge in [0.2, 0.25) is 0 Å². The van der Waals surface area contributed by atoms with Crippen molar-refractivity contribution in [3.05, 3.63) is 11.6 Å². The number of aliphatic hydroxyl groups excluding tert-OH is 1. The fourth-order valence-electron chi connectivity index (χ4n) is 7.85. The van der Waals surface area contributed by atoms with Crippen LogP contribution in [0.5, 0.6) is 0 Å². The summed E-state index contributed by atoms with van der Waals surface area (Å²) in [6, 6.07) is 0. The second-order valence-corrected chi connectivity index (χ2v) is 11.1. The highest BCUT2D eigenvalue weighted by Gasteiger charge is 2.63. The summed E-state index contributed by atoms with van der Waals surface area (Å²) >= 11 is 0. The van der Waals surface area contributed by atoms with Crippen molar-refractivity contribution in [2.75, 3.05) is 20.6 Å². The van der Waals surface area contributed by atoms with E-state index in [2.05, 4.69) is 38.9 Å². The standard InChI is InChI=1S/C24H41NO2/c1-22-12-8-18(26)16-17(22)6-7-19-20(22)9-13-23(2)21(19)10-14-24(23,27)11-5-15-25(3)4/h6,18-21,26-27H,5,7-16H2,1-4H3/t18?,19-,20-,21+,22+,23+,24?/m1/s1. The van der Waals surface area contributed by atoms with Crippen molar-refractivity contribution in [2.45, 2.75) is 89.8 Å². The molecule has 0 spiro atoms. The first kappa shape index (κ1) is 19.9. The van der Waals surface area contributed by atoms with Crippen molar-refractivity contribution >= 4 is 0 Å². The summed E-state index contributed by atoms with van der Waals surface area (Å²) in [5.41, 5.74) is 1.47. The predicted molar refractivity (Wildman–Crippen MR) is 110 cm³/mol. The predicted octanol–water partition coefficient (Wildman–Crippen LogP) is 4.38. The summed E-state index contributed by atoms with van der Waals surface area (Å²) in [5.74, 6) is 2.16. The first-order valence-electron chi connectivity index (χ1n) is 11.4. The van der Waals surface area contributed by atoms with E-state index in [9.17, 15) is 10.2 Å². The normalized spacial score (nSPS) is 49.4. The van der Waals surface area contributed by atoms with E-state index in [1.165, 1.54) is 25.7 Å². The third-order valence-corrected chi connectivity index (χ3v) is 9.60. The van der Waals surface area contributed by atoms with Gasteiger partial charge >= 0.3 is 0 Å². The Morgan fingerprint density at radius 1 is 1.07 bits per heavy atom. The number of fused-ring (bicyclic) bond motifs is 5. The van der Waals surface area contributed by atoms with Gasteiger partial charge in [0.25, 0.3) is 0 Å². The molecule has 0 bridgehead atoms. The first-order chi connectivity index (χ1) is 12.7. The summed E-state index contributed by atoms with van der Waals surface area (Å²) in [7, 11) is 4.25. The Morgan fingerprint density at radius 3 is 2.56 bits per heavy atom. The van der Waals surface area contributed by atoms with Crippen LogP contribution in [-0.4, -0.2) is 47.5 Å². The molecule has 27 heavy (non-hydrogen) atoms. The van der Waals surface area contributed by atoms with Crippen LogP contribution in [0.4, 0.5) is 0 Å². The molecule has 0 aromatic carbocycles. The SMILES string of the molecule is CN(C)CCCC1(O)CC[C@H]2[C@@H]3CC=C4CC(O)CC[C@]4(C)[C@@H]3CC[C@@]21C. The van der Waals surface area contributed by atoms with Gasteiger partial charge in [-0.3, -0.25) is 0 Å². The number of rotatable bonds is 4. The van der Waals surface area contributed by atoms with Crippen molar-refractivity contribution in [3.63, 3.8) is 0 Å². The zero-order valence-corrected chi connectivity index (χ0v) is 18.0.